The third-order valence-corrected chi connectivity index (χ3v) is 19.8. The summed E-state index contributed by atoms with van der Waals surface area (Å²) in [6.07, 6.45) is 0. The van der Waals surface area contributed by atoms with Gasteiger partial charge < -0.3 is 0 Å². The molecule has 0 nitrogen and oxygen atoms in total. The number of rotatable bonds is 6. The van der Waals surface area contributed by atoms with Crippen molar-refractivity contribution in [1.29, 1.82) is 0 Å². The summed E-state index contributed by atoms with van der Waals surface area (Å²) in [6.45, 7) is 55.2. The third kappa shape index (κ3) is 14.9. The second kappa shape index (κ2) is 22.0. The van der Waals surface area contributed by atoms with Crippen LogP contribution >= 0.6 is 0 Å². The fourth-order valence-corrected chi connectivity index (χ4v) is 14.1. The molecule has 3 rings (SSSR count). The van der Waals surface area contributed by atoms with E-state index in [0.717, 1.165) is 16.7 Å². The molecule has 3 aromatic rings. The second-order valence-corrected chi connectivity index (χ2v) is 31.6. The lowest BCUT2D eigenvalue weighted by molar-refractivity contribution is 0.558. The molecule has 0 atom stereocenters. The minimum atomic E-state index is -1.82. The molecule has 360 valence electrons. The fraction of sp³-hybridized carbons (Fsp3) is 0.500. The van der Waals surface area contributed by atoms with Crippen LogP contribution in [0.3, 0.4) is 0 Å². The van der Waals surface area contributed by atoms with Crippen molar-refractivity contribution < 1.29 is 0 Å². The van der Waals surface area contributed by atoms with Crippen LogP contribution in [0.5, 0.6) is 0 Å². The summed E-state index contributed by atoms with van der Waals surface area (Å²) in [5.74, 6) is 44.7. The summed E-state index contributed by atoms with van der Waals surface area (Å²) >= 11 is 0. The molecule has 0 aliphatic rings. The molecule has 3 aromatic carbocycles. The molecule has 0 N–H and O–H groups in total. The zero-order valence-corrected chi connectivity index (χ0v) is 48.4. The summed E-state index contributed by atoms with van der Waals surface area (Å²) in [5.41, 5.74) is 14.6. The van der Waals surface area contributed by atoms with Crippen molar-refractivity contribution >= 4 is 8.07 Å². The molecule has 0 aromatic heterocycles. The molecule has 69 heavy (non-hydrogen) atoms. The van der Waals surface area contributed by atoms with Gasteiger partial charge in [-0.25, -0.2) is 0 Å². The van der Waals surface area contributed by atoms with Crippen LogP contribution in [0.15, 0.2) is 54.6 Å². The van der Waals surface area contributed by atoms with Gasteiger partial charge in [0, 0.05) is 0 Å². The molecule has 0 heterocycles. The zero-order valence-electron chi connectivity index (χ0n) is 47.4. The first kappa shape index (κ1) is 57.7. The van der Waals surface area contributed by atoms with E-state index in [1.54, 1.807) is 0 Å². The van der Waals surface area contributed by atoms with Crippen molar-refractivity contribution in [2.24, 2.45) is 0 Å². The molecule has 0 aliphatic carbocycles. The molecule has 0 amide bonds. The van der Waals surface area contributed by atoms with E-state index in [9.17, 15) is 0 Å². The molecule has 0 bridgehead atoms. The van der Waals surface area contributed by atoms with Gasteiger partial charge in [-0.15, -0.1) is 5.54 Å². The zero-order chi connectivity index (χ0) is 52.6. The Balaban J connectivity index is 2.44. The minimum absolute atomic E-state index is 0.123. The summed E-state index contributed by atoms with van der Waals surface area (Å²) in [7, 11) is -1.82. The lowest BCUT2D eigenvalue weighted by Gasteiger charge is -2.38. The molecule has 0 saturated heterocycles. The Kier molecular flexibility index (Phi) is 18.4. The average molecular weight is 930 g/mol. The maximum absolute atomic E-state index is 3.94. The summed E-state index contributed by atoms with van der Waals surface area (Å²) < 4.78 is 0. The van der Waals surface area contributed by atoms with Gasteiger partial charge in [-0.3, -0.25) is 0 Å². The van der Waals surface area contributed by atoms with E-state index in [2.05, 4.69) is 315 Å². The Hall–Kier alpha value is -5.64. The van der Waals surface area contributed by atoms with Crippen LogP contribution in [0, 0.1) is 94.4 Å². The molecule has 0 fully saturated rings. The van der Waals surface area contributed by atoms with Crippen molar-refractivity contribution in [2.75, 3.05) is 0 Å². The highest BCUT2D eigenvalue weighted by Gasteiger charge is 2.42. The SMILES string of the molecule is CC(C)[Si](C#CC#CC#CC#CC#CC#CC#CC#CC(c1cc(C(C)(C)C)cc(C(C)(C)C)c1)(c1cc(C(C)(C)C)cc(C(C)(C)C)c1)c1cc(C(C)(C)C)cc(C(C)(C)C)c1)(C(C)C)C(C)C. The third-order valence-electron chi connectivity index (χ3n) is 13.5. The molecule has 0 unspecified atom stereocenters. The van der Waals surface area contributed by atoms with E-state index in [0.29, 0.717) is 16.6 Å². The van der Waals surface area contributed by atoms with Gasteiger partial charge in [-0.2, -0.15) is 0 Å². The van der Waals surface area contributed by atoms with Crippen LogP contribution in [-0.2, 0) is 37.9 Å². The van der Waals surface area contributed by atoms with Gasteiger partial charge in [0.1, 0.15) is 13.5 Å². The summed E-state index contributed by atoms with van der Waals surface area (Å²) in [5, 5.41) is 0. The molecule has 1 heteroatoms. The maximum atomic E-state index is 3.94. The highest BCUT2D eigenvalue weighted by Crippen LogP contribution is 2.47. The largest absolute Gasteiger partial charge is 0.147 e. The minimum Gasteiger partial charge on any atom is -0.116 e. The van der Waals surface area contributed by atoms with Gasteiger partial charge in [-0.05, 0) is 182 Å². The Morgan fingerprint density at radius 1 is 0.261 bits per heavy atom. The summed E-state index contributed by atoms with van der Waals surface area (Å²) in [4.78, 5) is 0. The van der Waals surface area contributed by atoms with Gasteiger partial charge in [0.2, 0.25) is 0 Å². The smallest absolute Gasteiger partial charge is 0.116 e. The molecular formula is C68H84Si. The first-order valence-electron chi connectivity index (χ1n) is 25.0. The van der Waals surface area contributed by atoms with Crippen molar-refractivity contribution in [2.45, 2.75) is 221 Å². The molecular weight excluding hydrogens is 845 g/mol. The van der Waals surface area contributed by atoms with Gasteiger partial charge >= 0.3 is 0 Å². The topological polar surface area (TPSA) is 0 Å². The molecule has 0 radical (unpaired) electrons. The van der Waals surface area contributed by atoms with Gasteiger partial charge in [-0.1, -0.05) is 227 Å². The molecule has 0 saturated carbocycles. The van der Waals surface area contributed by atoms with Crippen molar-refractivity contribution in [3.05, 3.63) is 105 Å². The van der Waals surface area contributed by atoms with Crippen molar-refractivity contribution in [1.82, 2.24) is 0 Å². The van der Waals surface area contributed by atoms with Gasteiger partial charge in [0.25, 0.3) is 0 Å². The van der Waals surface area contributed by atoms with E-state index < -0.39 is 13.5 Å². The van der Waals surface area contributed by atoms with E-state index in [-0.39, 0.29) is 32.5 Å². The van der Waals surface area contributed by atoms with Gasteiger partial charge in [0.15, 0.2) is 0 Å². The highest BCUT2D eigenvalue weighted by molar-refractivity contribution is 6.90. The standard InChI is InChI=1S/C68H84Si/c1-50(2)69(51(3)4,52(5)6)40-38-36-34-32-30-28-26-25-27-29-31-33-35-37-39-68(59-44-53(62(7,8)9)41-54(45-59)63(10,11)12,60-46-55(64(13,14)15)42-56(47-60)65(16,17)18)61-48-57(66(19,20)21)43-58(49-61)67(22,23)24/h41-52H,1-24H3. The van der Waals surface area contributed by atoms with Gasteiger partial charge in [0.05, 0.1) is 0 Å². The van der Waals surface area contributed by atoms with Crippen LogP contribution < -0.4 is 0 Å². The Labute approximate surface area is 425 Å². The first-order valence-corrected chi connectivity index (χ1v) is 27.3. The van der Waals surface area contributed by atoms with Crippen LogP contribution in [0.2, 0.25) is 16.6 Å². The molecule has 0 spiro atoms. The highest BCUT2D eigenvalue weighted by atomic mass is 28.3. The predicted octanol–water partition coefficient (Wildman–Crippen LogP) is 16.1. The van der Waals surface area contributed by atoms with Crippen LogP contribution in [0.4, 0.5) is 0 Å². The normalized spacial score (nSPS) is 12.1. The number of hydrogen-bond acceptors (Lipinski definition) is 0. The van der Waals surface area contributed by atoms with Crippen LogP contribution in [0.1, 0.15) is 216 Å². The Bertz CT molecular complexity index is 2590. The monoisotopic (exact) mass is 929 g/mol. The van der Waals surface area contributed by atoms with E-state index in [1.165, 1.54) is 33.4 Å². The van der Waals surface area contributed by atoms with E-state index in [1.807, 2.05) is 0 Å². The second-order valence-electron chi connectivity index (χ2n) is 26.0. The number of hydrogen-bond donors (Lipinski definition) is 0. The fourth-order valence-electron chi connectivity index (χ4n) is 8.92. The summed E-state index contributed by atoms with van der Waals surface area (Å²) in [6, 6.07) is 21.7. The molecule has 0 aliphatic heterocycles. The van der Waals surface area contributed by atoms with Crippen LogP contribution in [-0.4, -0.2) is 8.07 Å². The maximum Gasteiger partial charge on any atom is 0.147 e. The van der Waals surface area contributed by atoms with Crippen LogP contribution in [0.25, 0.3) is 0 Å². The first-order chi connectivity index (χ1) is 31.5. The lowest BCUT2D eigenvalue weighted by Crippen LogP contribution is -2.43. The van der Waals surface area contributed by atoms with E-state index >= 15 is 0 Å². The Morgan fingerprint density at radius 3 is 0.623 bits per heavy atom. The van der Waals surface area contributed by atoms with Crippen molar-refractivity contribution in [3.63, 3.8) is 0 Å². The Morgan fingerprint density at radius 2 is 0.435 bits per heavy atom. The average Bonchev–Trinajstić information content (AvgIpc) is 3.20. The quantitative estimate of drug-likeness (QED) is 0.131. The predicted molar refractivity (Wildman–Crippen MR) is 305 cm³/mol. The van der Waals surface area contributed by atoms with E-state index in [4.69, 9.17) is 0 Å². The lowest BCUT2D eigenvalue weighted by atomic mass is 9.64. The van der Waals surface area contributed by atoms with Crippen molar-refractivity contribution in [3.8, 4) is 94.4 Å². The number of benzene rings is 3.